The molecular formula is C13H12ClFN2O3S. The van der Waals surface area contributed by atoms with E-state index in [1.54, 1.807) is 13.0 Å². The Bertz CT molecular complexity index is 657. The summed E-state index contributed by atoms with van der Waals surface area (Å²) in [6.45, 7) is 1.63. The number of carbonyl (C=O) groups is 1. The maximum absolute atomic E-state index is 14.1. The van der Waals surface area contributed by atoms with Crippen molar-refractivity contribution in [3.8, 4) is 5.75 Å². The third-order valence-electron chi connectivity index (χ3n) is 3.72. The lowest BCUT2D eigenvalue weighted by Gasteiger charge is -2.49. The number of carbonyl (C=O) groups excluding carboxylic acids is 1. The summed E-state index contributed by atoms with van der Waals surface area (Å²) in [6, 6.07) is 2.14. The van der Waals surface area contributed by atoms with E-state index in [1.807, 2.05) is 0 Å². The molecule has 2 bridgehead atoms. The molecule has 1 saturated heterocycles. The molecule has 3 unspecified atom stereocenters. The molecule has 0 aromatic heterocycles. The number of ether oxygens (including phenoxy) is 2. The zero-order valence-corrected chi connectivity index (χ0v) is 12.8. The summed E-state index contributed by atoms with van der Waals surface area (Å²) in [6.07, 6.45) is 0. The molecular weight excluding hydrogens is 319 g/mol. The molecule has 0 radical (unpaired) electrons. The van der Waals surface area contributed by atoms with E-state index in [0.717, 1.165) is 6.07 Å². The van der Waals surface area contributed by atoms with Crippen LogP contribution in [0.2, 0.25) is 5.02 Å². The second-order valence-electron chi connectivity index (χ2n) is 5.09. The van der Waals surface area contributed by atoms with Crippen molar-refractivity contribution in [1.82, 2.24) is 10.6 Å². The molecule has 21 heavy (non-hydrogen) atoms. The molecule has 112 valence electrons. The van der Waals surface area contributed by atoms with E-state index in [1.165, 1.54) is 7.11 Å². The number of hydrogen-bond donors (Lipinski definition) is 2. The molecule has 3 atom stereocenters. The minimum Gasteiger partial charge on any atom is -0.469 e. The Labute approximate surface area is 130 Å². The van der Waals surface area contributed by atoms with Crippen molar-refractivity contribution in [2.45, 2.75) is 18.7 Å². The number of methoxy groups -OCH3 is 1. The molecule has 2 heterocycles. The molecule has 2 aliphatic rings. The minimum atomic E-state index is -1.19. The predicted molar refractivity (Wildman–Crippen MR) is 77.6 cm³/mol. The topological polar surface area (TPSA) is 59.6 Å². The zero-order chi connectivity index (χ0) is 15.4. The van der Waals surface area contributed by atoms with Gasteiger partial charge in [-0.15, -0.1) is 0 Å². The molecule has 8 heteroatoms. The minimum absolute atomic E-state index is 0.0505. The maximum Gasteiger partial charge on any atom is 0.317 e. The zero-order valence-electron chi connectivity index (χ0n) is 11.2. The van der Waals surface area contributed by atoms with Gasteiger partial charge < -0.3 is 20.1 Å². The standard InChI is InChI=1S/C13H12ClFN2O3S/c1-13-8(11(18)19-2)9(16-12(21)17-13)6-3-5(14)4-7(15)10(6)20-13/h3-4,8-9H,1-2H3,(H2,16,17,21). The van der Waals surface area contributed by atoms with Gasteiger partial charge in [-0.1, -0.05) is 11.6 Å². The summed E-state index contributed by atoms with van der Waals surface area (Å²) < 4.78 is 24.6. The van der Waals surface area contributed by atoms with Crippen molar-refractivity contribution in [3.63, 3.8) is 0 Å². The van der Waals surface area contributed by atoms with Crippen molar-refractivity contribution in [2.75, 3.05) is 7.11 Å². The molecule has 1 aromatic rings. The fourth-order valence-electron chi connectivity index (χ4n) is 2.85. The normalized spacial score (nSPS) is 29.6. The monoisotopic (exact) mass is 330 g/mol. The van der Waals surface area contributed by atoms with Gasteiger partial charge in [-0.2, -0.15) is 0 Å². The van der Waals surface area contributed by atoms with Gasteiger partial charge in [0.05, 0.1) is 13.2 Å². The average molecular weight is 331 g/mol. The van der Waals surface area contributed by atoms with Crippen LogP contribution in [0.3, 0.4) is 0 Å². The van der Waals surface area contributed by atoms with Gasteiger partial charge in [0.2, 0.25) is 0 Å². The van der Waals surface area contributed by atoms with E-state index in [0.29, 0.717) is 10.7 Å². The largest absolute Gasteiger partial charge is 0.469 e. The Hall–Kier alpha value is -1.60. The highest BCUT2D eigenvalue weighted by atomic mass is 35.5. The Morgan fingerprint density at radius 1 is 1.57 bits per heavy atom. The van der Waals surface area contributed by atoms with Crippen LogP contribution < -0.4 is 15.4 Å². The van der Waals surface area contributed by atoms with E-state index in [-0.39, 0.29) is 10.8 Å². The highest BCUT2D eigenvalue weighted by Crippen LogP contribution is 2.47. The second kappa shape index (κ2) is 4.71. The summed E-state index contributed by atoms with van der Waals surface area (Å²) >= 11 is 11.0. The Kier molecular flexibility index (Phi) is 3.22. The molecule has 0 amide bonds. The molecule has 0 aliphatic carbocycles. The molecule has 0 saturated carbocycles. The van der Waals surface area contributed by atoms with Crippen LogP contribution in [0.5, 0.6) is 5.75 Å². The molecule has 2 N–H and O–H groups in total. The van der Waals surface area contributed by atoms with E-state index in [2.05, 4.69) is 10.6 Å². The van der Waals surface area contributed by atoms with E-state index >= 15 is 0 Å². The third kappa shape index (κ3) is 2.11. The first-order chi connectivity index (χ1) is 9.85. The summed E-state index contributed by atoms with van der Waals surface area (Å²) in [7, 11) is 1.29. The van der Waals surface area contributed by atoms with Gasteiger partial charge in [0.15, 0.2) is 22.4 Å². The first kappa shape index (κ1) is 14.3. The van der Waals surface area contributed by atoms with Crippen molar-refractivity contribution < 1.29 is 18.7 Å². The molecule has 5 nitrogen and oxygen atoms in total. The van der Waals surface area contributed by atoms with Gasteiger partial charge in [-0.3, -0.25) is 4.79 Å². The van der Waals surface area contributed by atoms with Crippen molar-refractivity contribution in [1.29, 1.82) is 0 Å². The van der Waals surface area contributed by atoms with Crippen LogP contribution in [0, 0.1) is 11.7 Å². The Morgan fingerprint density at radius 2 is 2.29 bits per heavy atom. The molecule has 0 spiro atoms. The number of halogens is 2. The van der Waals surface area contributed by atoms with E-state index < -0.39 is 29.5 Å². The van der Waals surface area contributed by atoms with Crippen LogP contribution in [0.25, 0.3) is 0 Å². The second-order valence-corrected chi connectivity index (χ2v) is 5.94. The molecule has 2 aliphatic heterocycles. The lowest BCUT2D eigenvalue weighted by molar-refractivity contribution is -0.159. The first-order valence-electron chi connectivity index (χ1n) is 6.20. The Balaban J connectivity index is 2.20. The molecule has 1 fully saturated rings. The van der Waals surface area contributed by atoms with Crippen LogP contribution in [0.15, 0.2) is 12.1 Å². The number of thiocarbonyl (C=S) groups is 1. The van der Waals surface area contributed by atoms with Gasteiger partial charge in [0, 0.05) is 10.6 Å². The third-order valence-corrected chi connectivity index (χ3v) is 4.15. The van der Waals surface area contributed by atoms with Gasteiger partial charge in [0.25, 0.3) is 0 Å². The van der Waals surface area contributed by atoms with Gasteiger partial charge in [-0.25, -0.2) is 4.39 Å². The van der Waals surface area contributed by atoms with Crippen molar-refractivity contribution >= 4 is 34.9 Å². The maximum atomic E-state index is 14.1. The van der Waals surface area contributed by atoms with Crippen molar-refractivity contribution in [3.05, 3.63) is 28.5 Å². The van der Waals surface area contributed by atoms with Crippen LogP contribution in [-0.2, 0) is 9.53 Å². The molecule has 3 rings (SSSR count). The predicted octanol–water partition coefficient (Wildman–Crippen LogP) is 1.90. The van der Waals surface area contributed by atoms with E-state index in [9.17, 15) is 9.18 Å². The summed E-state index contributed by atoms with van der Waals surface area (Å²) in [4.78, 5) is 12.1. The molecule has 1 aromatic carbocycles. The van der Waals surface area contributed by atoms with Gasteiger partial charge >= 0.3 is 5.97 Å². The van der Waals surface area contributed by atoms with Crippen LogP contribution in [-0.4, -0.2) is 23.9 Å². The first-order valence-corrected chi connectivity index (χ1v) is 6.99. The lowest BCUT2D eigenvalue weighted by Crippen LogP contribution is -2.70. The number of fused-ring (bicyclic) bond motifs is 4. The summed E-state index contributed by atoms with van der Waals surface area (Å²) in [5.74, 6) is -1.77. The Morgan fingerprint density at radius 3 is 2.95 bits per heavy atom. The highest BCUT2D eigenvalue weighted by Gasteiger charge is 2.56. The fourth-order valence-corrected chi connectivity index (χ4v) is 3.39. The number of nitrogens with one attached hydrogen (secondary N) is 2. The summed E-state index contributed by atoms with van der Waals surface area (Å²) in [5.41, 5.74) is -0.751. The van der Waals surface area contributed by atoms with Gasteiger partial charge in [-0.05, 0) is 31.3 Å². The van der Waals surface area contributed by atoms with Crippen LogP contribution in [0.4, 0.5) is 4.39 Å². The summed E-state index contributed by atoms with van der Waals surface area (Å²) in [5, 5.41) is 6.36. The SMILES string of the molecule is COC(=O)C1C2NC(=S)NC1(C)Oc1c(F)cc(Cl)cc12. The number of hydrogen-bond acceptors (Lipinski definition) is 4. The van der Waals surface area contributed by atoms with E-state index in [4.69, 9.17) is 33.3 Å². The van der Waals surface area contributed by atoms with Gasteiger partial charge in [0.1, 0.15) is 5.92 Å². The fraction of sp³-hybridized carbons (Fsp3) is 0.385. The highest BCUT2D eigenvalue weighted by molar-refractivity contribution is 7.80. The smallest absolute Gasteiger partial charge is 0.317 e. The number of esters is 1. The van der Waals surface area contributed by atoms with Crippen LogP contribution >= 0.6 is 23.8 Å². The van der Waals surface area contributed by atoms with Crippen LogP contribution in [0.1, 0.15) is 18.5 Å². The number of rotatable bonds is 1. The quantitative estimate of drug-likeness (QED) is 0.606. The number of benzene rings is 1. The lowest BCUT2D eigenvalue weighted by atomic mass is 9.80. The van der Waals surface area contributed by atoms with Crippen molar-refractivity contribution in [2.24, 2.45) is 5.92 Å². The average Bonchev–Trinajstić information content (AvgIpc) is 2.38.